The Morgan fingerprint density at radius 3 is 2.09 bits per heavy atom. The molecule has 0 spiro atoms. The molecule has 0 radical (unpaired) electrons. The lowest BCUT2D eigenvalue weighted by Gasteiger charge is -2.15. The van der Waals surface area contributed by atoms with Gasteiger partial charge in [0.15, 0.2) is 0 Å². The minimum Gasteiger partial charge on any atom is -0.273 e. The topological polar surface area (TPSA) is 58.2 Å². The summed E-state index contributed by atoms with van der Waals surface area (Å²) in [4.78, 5) is 24.0. The Labute approximate surface area is 130 Å². The molecule has 4 heteroatoms. The van der Waals surface area contributed by atoms with Gasteiger partial charge in [-0.15, -0.1) is 0 Å². The highest BCUT2D eigenvalue weighted by Gasteiger charge is 2.18. The van der Waals surface area contributed by atoms with Crippen LogP contribution in [-0.2, 0) is 16.0 Å². The summed E-state index contributed by atoms with van der Waals surface area (Å²) in [6.45, 7) is 1.95. The van der Waals surface area contributed by atoms with Gasteiger partial charge in [0.1, 0.15) is 0 Å². The number of rotatable bonds is 5. The summed E-state index contributed by atoms with van der Waals surface area (Å²) in [5, 5.41) is 0. The monoisotopic (exact) mass is 296 g/mol. The number of hydrogen-bond donors (Lipinski definition) is 2. The van der Waals surface area contributed by atoms with Gasteiger partial charge in [0.2, 0.25) is 11.8 Å². The van der Waals surface area contributed by atoms with Crippen molar-refractivity contribution in [1.29, 1.82) is 0 Å². The molecule has 114 valence electrons. The Kier molecular flexibility index (Phi) is 5.72. The van der Waals surface area contributed by atoms with Gasteiger partial charge < -0.3 is 0 Å². The van der Waals surface area contributed by atoms with Crippen molar-refractivity contribution < 1.29 is 9.59 Å². The van der Waals surface area contributed by atoms with Crippen molar-refractivity contribution in [2.24, 2.45) is 0 Å². The number of hydrogen-bond acceptors (Lipinski definition) is 2. The molecule has 0 aromatic heterocycles. The Hall–Kier alpha value is -2.62. The molecule has 0 bridgehead atoms. The summed E-state index contributed by atoms with van der Waals surface area (Å²) in [6.07, 6.45) is 0.910. The van der Waals surface area contributed by atoms with Crippen LogP contribution >= 0.6 is 0 Å². The van der Waals surface area contributed by atoms with E-state index in [4.69, 9.17) is 0 Å². The largest absolute Gasteiger partial charge is 0.273 e. The van der Waals surface area contributed by atoms with Gasteiger partial charge in [-0.2, -0.15) is 0 Å². The molecule has 0 fully saturated rings. The molecular formula is C18H20N2O2. The maximum atomic E-state index is 12.2. The number of carbonyl (C=O) groups excluding carboxylic acids is 2. The number of hydrazine groups is 1. The zero-order chi connectivity index (χ0) is 15.8. The molecule has 0 saturated heterocycles. The van der Waals surface area contributed by atoms with Crippen molar-refractivity contribution in [3.63, 3.8) is 0 Å². The summed E-state index contributed by atoms with van der Waals surface area (Å²) >= 11 is 0. The van der Waals surface area contributed by atoms with Crippen molar-refractivity contribution in [3.05, 3.63) is 71.8 Å². The van der Waals surface area contributed by atoms with E-state index in [1.54, 1.807) is 0 Å². The van der Waals surface area contributed by atoms with E-state index < -0.39 is 0 Å². The van der Waals surface area contributed by atoms with Crippen molar-refractivity contribution >= 4 is 11.8 Å². The normalized spacial score (nSPS) is 11.5. The van der Waals surface area contributed by atoms with Crippen LogP contribution in [0.4, 0.5) is 0 Å². The summed E-state index contributed by atoms with van der Waals surface area (Å²) < 4.78 is 0. The molecule has 2 aromatic rings. The van der Waals surface area contributed by atoms with E-state index in [0.717, 1.165) is 11.1 Å². The molecule has 2 aromatic carbocycles. The van der Waals surface area contributed by atoms with Crippen LogP contribution in [-0.4, -0.2) is 11.8 Å². The smallest absolute Gasteiger partial charge is 0.245 e. The van der Waals surface area contributed by atoms with Gasteiger partial charge >= 0.3 is 0 Å². The van der Waals surface area contributed by atoms with Gasteiger partial charge in [0.05, 0.1) is 12.3 Å². The second-order valence-corrected chi connectivity index (χ2v) is 5.07. The van der Waals surface area contributed by atoms with Gasteiger partial charge in [-0.05, 0) is 17.5 Å². The van der Waals surface area contributed by atoms with Gasteiger partial charge in [-0.3, -0.25) is 20.4 Å². The van der Waals surface area contributed by atoms with Crippen LogP contribution in [0.1, 0.15) is 30.4 Å². The lowest BCUT2D eigenvalue weighted by Crippen LogP contribution is -2.44. The van der Waals surface area contributed by atoms with Crippen LogP contribution in [0.5, 0.6) is 0 Å². The van der Waals surface area contributed by atoms with E-state index in [1.165, 1.54) is 0 Å². The van der Waals surface area contributed by atoms with E-state index in [0.29, 0.717) is 6.42 Å². The van der Waals surface area contributed by atoms with E-state index in [2.05, 4.69) is 10.9 Å². The van der Waals surface area contributed by atoms with Crippen molar-refractivity contribution in [2.45, 2.75) is 25.7 Å². The summed E-state index contributed by atoms with van der Waals surface area (Å²) in [6, 6.07) is 19.0. The van der Waals surface area contributed by atoms with Crippen LogP contribution < -0.4 is 10.9 Å². The Morgan fingerprint density at radius 1 is 0.909 bits per heavy atom. The van der Waals surface area contributed by atoms with Crippen LogP contribution in [0.2, 0.25) is 0 Å². The fourth-order valence-electron chi connectivity index (χ4n) is 2.30. The summed E-state index contributed by atoms with van der Waals surface area (Å²) in [5.41, 5.74) is 6.84. The standard InChI is InChI=1S/C18H20N2O2/c1-2-16(15-11-7-4-8-12-15)18(22)20-19-17(21)13-14-9-5-3-6-10-14/h3-12,16H,2,13H2,1H3,(H,19,21)(H,20,22). The Balaban J connectivity index is 1.87. The van der Waals surface area contributed by atoms with Gasteiger partial charge in [-0.1, -0.05) is 67.6 Å². The molecule has 0 aliphatic heterocycles. The average Bonchev–Trinajstić information content (AvgIpc) is 2.55. The molecule has 0 heterocycles. The lowest BCUT2D eigenvalue weighted by molar-refractivity contribution is -0.129. The van der Waals surface area contributed by atoms with Gasteiger partial charge in [-0.25, -0.2) is 0 Å². The highest BCUT2D eigenvalue weighted by atomic mass is 16.2. The van der Waals surface area contributed by atoms with Gasteiger partial charge in [0, 0.05) is 0 Å². The zero-order valence-electron chi connectivity index (χ0n) is 12.6. The minimum absolute atomic E-state index is 0.199. The average molecular weight is 296 g/mol. The van der Waals surface area contributed by atoms with Crippen molar-refractivity contribution in [1.82, 2.24) is 10.9 Å². The first-order valence-corrected chi connectivity index (χ1v) is 7.38. The Morgan fingerprint density at radius 2 is 1.50 bits per heavy atom. The Bertz CT molecular complexity index is 611. The third-order valence-electron chi connectivity index (χ3n) is 3.46. The highest BCUT2D eigenvalue weighted by Crippen LogP contribution is 2.18. The molecule has 2 amide bonds. The lowest BCUT2D eigenvalue weighted by atomic mass is 9.96. The first kappa shape index (κ1) is 15.8. The molecule has 2 N–H and O–H groups in total. The SMILES string of the molecule is CCC(C(=O)NNC(=O)Cc1ccccc1)c1ccccc1. The van der Waals surface area contributed by atoms with E-state index in [-0.39, 0.29) is 24.2 Å². The minimum atomic E-state index is -0.266. The van der Waals surface area contributed by atoms with Crippen molar-refractivity contribution in [2.75, 3.05) is 0 Å². The quantitative estimate of drug-likeness (QED) is 0.833. The number of amides is 2. The second-order valence-electron chi connectivity index (χ2n) is 5.07. The van der Waals surface area contributed by atoms with Crippen LogP contribution in [0.3, 0.4) is 0 Å². The van der Waals surface area contributed by atoms with Crippen LogP contribution in [0.25, 0.3) is 0 Å². The molecule has 1 unspecified atom stereocenters. The number of nitrogens with one attached hydrogen (secondary N) is 2. The maximum absolute atomic E-state index is 12.2. The number of benzene rings is 2. The first-order chi connectivity index (χ1) is 10.7. The van der Waals surface area contributed by atoms with Crippen molar-refractivity contribution in [3.8, 4) is 0 Å². The van der Waals surface area contributed by atoms with Gasteiger partial charge in [0.25, 0.3) is 0 Å². The zero-order valence-corrected chi connectivity index (χ0v) is 12.6. The fourth-order valence-corrected chi connectivity index (χ4v) is 2.30. The molecule has 1 atom stereocenters. The van der Waals surface area contributed by atoms with Crippen LogP contribution in [0, 0.1) is 0 Å². The molecular weight excluding hydrogens is 276 g/mol. The third-order valence-corrected chi connectivity index (χ3v) is 3.46. The molecule has 0 aliphatic rings. The molecule has 22 heavy (non-hydrogen) atoms. The maximum Gasteiger partial charge on any atom is 0.245 e. The van der Waals surface area contributed by atoms with E-state index in [9.17, 15) is 9.59 Å². The van der Waals surface area contributed by atoms with Crippen LogP contribution in [0.15, 0.2) is 60.7 Å². The molecule has 4 nitrogen and oxygen atoms in total. The predicted molar refractivity (Wildman–Crippen MR) is 85.9 cm³/mol. The predicted octanol–water partition coefficient (Wildman–Crippen LogP) is 2.57. The third kappa shape index (κ3) is 4.45. The molecule has 0 aliphatic carbocycles. The fraction of sp³-hybridized carbons (Fsp3) is 0.222. The second kappa shape index (κ2) is 7.98. The molecule has 2 rings (SSSR count). The molecule has 0 saturated carbocycles. The summed E-state index contributed by atoms with van der Waals surface area (Å²) in [7, 11) is 0. The number of carbonyl (C=O) groups is 2. The first-order valence-electron chi connectivity index (χ1n) is 7.38. The highest BCUT2D eigenvalue weighted by molar-refractivity contribution is 5.87. The van der Waals surface area contributed by atoms with E-state index in [1.807, 2.05) is 67.6 Å². The summed E-state index contributed by atoms with van der Waals surface area (Å²) in [5.74, 6) is -0.698. The van der Waals surface area contributed by atoms with E-state index >= 15 is 0 Å².